The highest BCUT2D eigenvalue weighted by Crippen LogP contribution is 2.41. The molecule has 17 heavy (non-hydrogen) atoms. The number of unbranched alkanes of at least 4 members (excludes halogenated alkanes) is 3. The number of aliphatic carboxylic acids is 1. The third-order valence-corrected chi connectivity index (χ3v) is 4.06. The zero-order valence-corrected chi connectivity index (χ0v) is 10.2. The molecule has 98 valence electrons. The van der Waals surface area contributed by atoms with E-state index in [0.29, 0.717) is 5.92 Å². The number of carboxylic acids is 1. The first-order chi connectivity index (χ1) is 8.18. The van der Waals surface area contributed by atoms with E-state index in [9.17, 15) is 9.90 Å². The van der Waals surface area contributed by atoms with Crippen molar-refractivity contribution in [3.63, 3.8) is 0 Å². The molecule has 0 amide bonds. The number of rotatable bonds is 7. The van der Waals surface area contributed by atoms with Gasteiger partial charge in [-0.2, -0.15) is 0 Å². The number of carboxylic acid groups (broad SMARTS) is 1. The highest BCUT2D eigenvalue weighted by atomic mass is 16.5. The quantitative estimate of drug-likeness (QED) is 0.670. The van der Waals surface area contributed by atoms with Crippen LogP contribution in [0.1, 0.15) is 51.4 Å². The molecule has 4 heteroatoms. The maximum absolute atomic E-state index is 10.3. The first-order valence-corrected chi connectivity index (χ1v) is 6.74. The normalized spacial score (nSPS) is 35.4. The van der Waals surface area contributed by atoms with Crippen LogP contribution in [0, 0.1) is 5.92 Å². The van der Waals surface area contributed by atoms with E-state index in [1.54, 1.807) is 0 Å². The second-order valence-electron chi connectivity index (χ2n) is 5.29. The van der Waals surface area contributed by atoms with Crippen LogP contribution in [0.25, 0.3) is 0 Å². The van der Waals surface area contributed by atoms with Crippen LogP contribution >= 0.6 is 0 Å². The maximum Gasteiger partial charge on any atom is 0.303 e. The van der Waals surface area contributed by atoms with E-state index in [1.165, 1.54) is 0 Å². The molecule has 0 radical (unpaired) electrons. The van der Waals surface area contributed by atoms with Crippen molar-refractivity contribution in [3.05, 3.63) is 0 Å². The molecule has 4 atom stereocenters. The van der Waals surface area contributed by atoms with Gasteiger partial charge < -0.3 is 14.9 Å². The Morgan fingerprint density at radius 2 is 1.82 bits per heavy atom. The second-order valence-corrected chi connectivity index (χ2v) is 5.29. The zero-order valence-electron chi connectivity index (χ0n) is 10.2. The Bertz CT molecular complexity index is 264. The van der Waals surface area contributed by atoms with Gasteiger partial charge in [0.1, 0.15) is 0 Å². The monoisotopic (exact) mass is 242 g/mol. The van der Waals surface area contributed by atoms with Crippen molar-refractivity contribution < 1.29 is 19.7 Å². The van der Waals surface area contributed by atoms with Crippen molar-refractivity contribution in [3.8, 4) is 0 Å². The summed E-state index contributed by atoms with van der Waals surface area (Å²) in [6.07, 6.45) is 7.43. The lowest BCUT2D eigenvalue weighted by Crippen LogP contribution is -2.31. The Morgan fingerprint density at radius 1 is 1.12 bits per heavy atom. The molecule has 0 unspecified atom stereocenters. The molecular formula is C13H22O4. The van der Waals surface area contributed by atoms with Gasteiger partial charge in [0, 0.05) is 12.3 Å². The fourth-order valence-electron chi connectivity index (χ4n) is 3.12. The Balaban J connectivity index is 1.55. The Hall–Kier alpha value is -0.610. The third kappa shape index (κ3) is 3.19. The molecule has 2 fully saturated rings. The van der Waals surface area contributed by atoms with Crippen molar-refractivity contribution >= 4 is 5.97 Å². The molecule has 2 aliphatic heterocycles. The molecule has 4 nitrogen and oxygen atoms in total. The van der Waals surface area contributed by atoms with Crippen LogP contribution in [0.15, 0.2) is 0 Å². The van der Waals surface area contributed by atoms with Gasteiger partial charge >= 0.3 is 5.97 Å². The van der Waals surface area contributed by atoms with E-state index in [1.807, 2.05) is 0 Å². The maximum atomic E-state index is 10.3. The first kappa shape index (κ1) is 12.8. The van der Waals surface area contributed by atoms with Gasteiger partial charge in [0.2, 0.25) is 0 Å². The molecule has 2 aliphatic rings. The molecule has 0 saturated carbocycles. The number of aliphatic hydroxyl groups is 1. The lowest BCUT2D eigenvalue weighted by molar-refractivity contribution is -0.137. The SMILES string of the molecule is O=C(O)CCCCCC[C@@H]1[C@H](O)[C@@H]2CC[C@H]1O2. The summed E-state index contributed by atoms with van der Waals surface area (Å²) in [6, 6.07) is 0. The summed E-state index contributed by atoms with van der Waals surface area (Å²) in [4.78, 5) is 10.3. The van der Waals surface area contributed by atoms with Gasteiger partial charge in [-0.3, -0.25) is 4.79 Å². The van der Waals surface area contributed by atoms with Crippen LogP contribution in [-0.2, 0) is 9.53 Å². The summed E-state index contributed by atoms with van der Waals surface area (Å²) < 4.78 is 5.68. The highest BCUT2D eigenvalue weighted by molar-refractivity contribution is 5.66. The van der Waals surface area contributed by atoms with E-state index < -0.39 is 5.97 Å². The predicted octanol–water partition coefficient (Wildman–Crippen LogP) is 1.95. The molecule has 2 N–H and O–H groups in total. The largest absolute Gasteiger partial charge is 0.481 e. The second kappa shape index (κ2) is 5.83. The Labute approximate surface area is 102 Å². The first-order valence-electron chi connectivity index (χ1n) is 6.74. The van der Waals surface area contributed by atoms with E-state index in [-0.39, 0.29) is 24.7 Å². The number of hydrogen-bond donors (Lipinski definition) is 2. The summed E-state index contributed by atoms with van der Waals surface area (Å²) in [5.41, 5.74) is 0. The van der Waals surface area contributed by atoms with Crippen LogP contribution in [0.5, 0.6) is 0 Å². The van der Waals surface area contributed by atoms with Gasteiger partial charge in [-0.1, -0.05) is 19.3 Å². The van der Waals surface area contributed by atoms with Crippen molar-refractivity contribution in [1.29, 1.82) is 0 Å². The summed E-state index contributed by atoms with van der Waals surface area (Å²) in [6.45, 7) is 0. The van der Waals surface area contributed by atoms with Crippen LogP contribution < -0.4 is 0 Å². The number of carbonyl (C=O) groups is 1. The standard InChI is InChI=1S/C13H22O4/c14-12(15)6-4-2-1-3-5-9-10-7-8-11(17-10)13(9)16/h9-11,13,16H,1-8H2,(H,14,15)/t9-,10+,11-,13-/m0/s1. The minimum Gasteiger partial charge on any atom is -0.481 e. The molecule has 0 spiro atoms. The molecule has 0 aromatic heterocycles. The fraction of sp³-hybridized carbons (Fsp3) is 0.923. The molecule has 2 heterocycles. The van der Waals surface area contributed by atoms with Gasteiger partial charge in [-0.05, 0) is 25.7 Å². The predicted molar refractivity (Wildman–Crippen MR) is 62.7 cm³/mol. The number of ether oxygens (including phenoxy) is 1. The van der Waals surface area contributed by atoms with Gasteiger partial charge in [0.05, 0.1) is 18.3 Å². The summed E-state index contributed by atoms with van der Waals surface area (Å²) in [7, 11) is 0. The minimum absolute atomic E-state index is 0.0945. The topological polar surface area (TPSA) is 66.8 Å². The van der Waals surface area contributed by atoms with E-state index in [2.05, 4.69) is 0 Å². The molecule has 2 bridgehead atoms. The molecule has 0 aliphatic carbocycles. The van der Waals surface area contributed by atoms with Gasteiger partial charge in [-0.15, -0.1) is 0 Å². The number of aliphatic hydroxyl groups excluding tert-OH is 1. The van der Waals surface area contributed by atoms with Crippen LogP contribution in [-0.4, -0.2) is 34.5 Å². The van der Waals surface area contributed by atoms with Gasteiger partial charge in [0.15, 0.2) is 0 Å². The number of fused-ring (bicyclic) bond motifs is 2. The number of hydrogen-bond acceptors (Lipinski definition) is 3. The smallest absolute Gasteiger partial charge is 0.303 e. The summed E-state index contributed by atoms with van der Waals surface area (Å²) in [5.74, 6) is -0.379. The Morgan fingerprint density at radius 3 is 2.47 bits per heavy atom. The fourth-order valence-corrected chi connectivity index (χ4v) is 3.12. The Kier molecular flexibility index (Phi) is 4.40. The average molecular weight is 242 g/mol. The average Bonchev–Trinajstić information content (AvgIpc) is 2.85. The molecule has 2 rings (SSSR count). The van der Waals surface area contributed by atoms with Crippen molar-refractivity contribution in [2.24, 2.45) is 5.92 Å². The lowest BCUT2D eigenvalue weighted by atomic mass is 9.83. The molecular weight excluding hydrogens is 220 g/mol. The van der Waals surface area contributed by atoms with E-state index in [4.69, 9.17) is 9.84 Å². The van der Waals surface area contributed by atoms with Gasteiger partial charge in [-0.25, -0.2) is 0 Å². The zero-order chi connectivity index (χ0) is 12.3. The summed E-state index contributed by atoms with van der Waals surface area (Å²) in [5, 5.41) is 18.5. The van der Waals surface area contributed by atoms with E-state index >= 15 is 0 Å². The third-order valence-electron chi connectivity index (χ3n) is 4.06. The van der Waals surface area contributed by atoms with Gasteiger partial charge in [0.25, 0.3) is 0 Å². The summed E-state index contributed by atoms with van der Waals surface area (Å²) >= 11 is 0. The lowest BCUT2D eigenvalue weighted by Gasteiger charge is -2.23. The molecule has 2 saturated heterocycles. The van der Waals surface area contributed by atoms with Crippen molar-refractivity contribution in [1.82, 2.24) is 0 Å². The van der Waals surface area contributed by atoms with Crippen LogP contribution in [0.2, 0.25) is 0 Å². The van der Waals surface area contributed by atoms with Crippen molar-refractivity contribution in [2.45, 2.75) is 69.7 Å². The molecule has 0 aromatic rings. The van der Waals surface area contributed by atoms with Crippen molar-refractivity contribution in [2.75, 3.05) is 0 Å². The highest BCUT2D eigenvalue weighted by Gasteiger charge is 2.47. The molecule has 0 aromatic carbocycles. The van der Waals surface area contributed by atoms with E-state index in [0.717, 1.165) is 44.9 Å². The van der Waals surface area contributed by atoms with Crippen LogP contribution in [0.4, 0.5) is 0 Å². The minimum atomic E-state index is -0.707. The van der Waals surface area contributed by atoms with Crippen LogP contribution in [0.3, 0.4) is 0 Å².